The summed E-state index contributed by atoms with van der Waals surface area (Å²) in [4.78, 5) is 4.66. The first-order chi connectivity index (χ1) is 14.1. The van der Waals surface area contributed by atoms with Crippen LogP contribution in [0.3, 0.4) is 0 Å². The van der Waals surface area contributed by atoms with E-state index in [9.17, 15) is 0 Å². The number of rotatable bonds is 8. The second kappa shape index (κ2) is 12.8. The lowest BCUT2D eigenvalue weighted by atomic mass is 9.89. The van der Waals surface area contributed by atoms with Crippen molar-refractivity contribution in [1.29, 1.82) is 0 Å². The zero-order chi connectivity index (χ0) is 20.5. The van der Waals surface area contributed by atoms with Crippen LogP contribution in [-0.4, -0.2) is 32.2 Å². The minimum absolute atomic E-state index is 0. The van der Waals surface area contributed by atoms with Crippen LogP contribution in [0.4, 0.5) is 0 Å². The molecule has 2 aromatic rings. The fraction of sp³-hybridized carbons (Fsp3) is 0.458. The second-order valence-electron chi connectivity index (χ2n) is 7.86. The van der Waals surface area contributed by atoms with Crippen molar-refractivity contribution in [3.63, 3.8) is 0 Å². The molecule has 2 unspecified atom stereocenters. The van der Waals surface area contributed by atoms with Crippen LogP contribution in [0, 0.1) is 12.8 Å². The summed E-state index contributed by atoms with van der Waals surface area (Å²) < 4.78 is 11.6. The van der Waals surface area contributed by atoms with Crippen molar-refractivity contribution < 1.29 is 9.15 Å². The van der Waals surface area contributed by atoms with E-state index in [-0.39, 0.29) is 30.1 Å². The minimum atomic E-state index is 0. The van der Waals surface area contributed by atoms with E-state index < -0.39 is 0 Å². The average molecular weight is 523 g/mol. The first kappa shape index (κ1) is 24.5. The lowest BCUT2D eigenvalue weighted by Crippen LogP contribution is -2.42. The van der Waals surface area contributed by atoms with Gasteiger partial charge in [-0.3, -0.25) is 0 Å². The quantitative estimate of drug-likeness (QED) is 0.221. The molecule has 2 atom stereocenters. The number of nitrogens with one attached hydrogen (secondary N) is 2. The van der Waals surface area contributed by atoms with Crippen LogP contribution >= 0.6 is 24.0 Å². The molecule has 5 nitrogen and oxygen atoms in total. The molecule has 0 amide bonds. The van der Waals surface area contributed by atoms with Gasteiger partial charge < -0.3 is 19.8 Å². The van der Waals surface area contributed by atoms with Gasteiger partial charge in [0.25, 0.3) is 0 Å². The smallest absolute Gasteiger partial charge is 0.191 e. The van der Waals surface area contributed by atoms with Crippen molar-refractivity contribution in [2.45, 2.75) is 39.2 Å². The third kappa shape index (κ3) is 7.80. The molecule has 2 N–H and O–H groups in total. The highest BCUT2D eigenvalue weighted by Crippen LogP contribution is 2.33. The van der Waals surface area contributed by atoms with Gasteiger partial charge in [0.05, 0.1) is 18.9 Å². The molecule has 0 spiro atoms. The molecule has 1 aliphatic rings. The summed E-state index contributed by atoms with van der Waals surface area (Å²) in [6.07, 6.45) is 4.89. The molecule has 6 heteroatoms. The molecule has 1 aromatic heterocycles. The van der Waals surface area contributed by atoms with Gasteiger partial charge in [-0.2, -0.15) is 0 Å². The highest BCUT2D eigenvalue weighted by atomic mass is 127. The number of hydrogen-bond donors (Lipinski definition) is 2. The van der Waals surface area contributed by atoms with E-state index in [1.54, 1.807) is 6.26 Å². The largest absolute Gasteiger partial charge is 0.469 e. The molecule has 2 heterocycles. The number of benzene rings is 1. The molecule has 164 valence electrons. The Morgan fingerprint density at radius 3 is 2.70 bits per heavy atom. The molecule has 0 aliphatic carbocycles. The van der Waals surface area contributed by atoms with Gasteiger partial charge in [0.15, 0.2) is 5.96 Å². The Morgan fingerprint density at radius 2 is 2.00 bits per heavy atom. The molecule has 1 saturated heterocycles. The Hall–Kier alpha value is -1.80. The van der Waals surface area contributed by atoms with Gasteiger partial charge in [0.2, 0.25) is 0 Å². The Bertz CT molecular complexity index is 787. The van der Waals surface area contributed by atoms with E-state index in [2.05, 4.69) is 53.4 Å². The average Bonchev–Trinajstić information content (AvgIpc) is 3.24. The lowest BCUT2D eigenvalue weighted by molar-refractivity contribution is -0.0265. The molecule has 30 heavy (non-hydrogen) atoms. The maximum absolute atomic E-state index is 6.15. The first-order valence-corrected chi connectivity index (χ1v) is 10.5. The van der Waals surface area contributed by atoms with Gasteiger partial charge in [0.1, 0.15) is 5.76 Å². The third-order valence-corrected chi connectivity index (χ3v) is 5.13. The summed E-state index contributed by atoms with van der Waals surface area (Å²) in [5.41, 5.74) is 3.57. The topological polar surface area (TPSA) is 58.8 Å². The van der Waals surface area contributed by atoms with Crippen LogP contribution in [0.5, 0.6) is 0 Å². The fourth-order valence-electron chi connectivity index (χ4n) is 3.55. The van der Waals surface area contributed by atoms with Gasteiger partial charge in [-0.25, -0.2) is 4.99 Å². The molecule has 0 saturated carbocycles. The van der Waals surface area contributed by atoms with E-state index >= 15 is 0 Å². The van der Waals surface area contributed by atoms with Gasteiger partial charge in [0, 0.05) is 32.0 Å². The maximum Gasteiger partial charge on any atom is 0.191 e. The molecular formula is C24H34IN3O2. The molecular weight excluding hydrogens is 489 g/mol. The first-order valence-electron chi connectivity index (χ1n) is 10.5. The SMILES string of the molecule is C=C(C)CN=C(NCCc1ccco1)NCC1CCCOC1c1ccc(C)cc1.I. The van der Waals surface area contributed by atoms with Crippen LogP contribution < -0.4 is 10.6 Å². The Balaban J connectivity index is 0.00000320. The van der Waals surface area contributed by atoms with E-state index in [0.717, 1.165) is 56.3 Å². The third-order valence-electron chi connectivity index (χ3n) is 5.13. The van der Waals surface area contributed by atoms with Gasteiger partial charge in [-0.1, -0.05) is 42.0 Å². The molecule has 1 aromatic carbocycles. The molecule has 1 fully saturated rings. The van der Waals surface area contributed by atoms with Crippen molar-refractivity contribution in [2.75, 3.05) is 26.2 Å². The lowest BCUT2D eigenvalue weighted by Gasteiger charge is -2.32. The second-order valence-corrected chi connectivity index (χ2v) is 7.86. The van der Waals surface area contributed by atoms with Gasteiger partial charge in [-0.15, -0.1) is 24.0 Å². The highest BCUT2D eigenvalue weighted by molar-refractivity contribution is 14.0. The molecule has 0 bridgehead atoms. The fourth-order valence-corrected chi connectivity index (χ4v) is 3.55. The maximum atomic E-state index is 6.15. The van der Waals surface area contributed by atoms with Crippen molar-refractivity contribution in [1.82, 2.24) is 10.6 Å². The number of furan rings is 1. The van der Waals surface area contributed by atoms with Crippen molar-refractivity contribution in [3.8, 4) is 0 Å². The summed E-state index contributed by atoms with van der Waals surface area (Å²) in [5, 5.41) is 6.94. The normalized spacial score (nSPS) is 19.1. The zero-order valence-corrected chi connectivity index (χ0v) is 20.4. The van der Waals surface area contributed by atoms with Crippen molar-refractivity contribution >= 4 is 29.9 Å². The van der Waals surface area contributed by atoms with E-state index in [1.165, 1.54) is 11.1 Å². The summed E-state index contributed by atoms with van der Waals surface area (Å²) >= 11 is 0. The number of halogens is 1. The van der Waals surface area contributed by atoms with Gasteiger partial charge in [-0.05, 0) is 44.4 Å². The standard InChI is InChI=1S/C24H33N3O2.HI/c1-18(2)16-26-24(25-13-12-22-7-5-14-28-22)27-17-21-6-4-15-29-23(21)20-10-8-19(3)9-11-20;/h5,7-11,14,21,23H,1,4,6,12-13,15-17H2,2-3H3,(H2,25,26,27);1H. The van der Waals surface area contributed by atoms with Crippen LogP contribution in [0.1, 0.15) is 42.8 Å². The van der Waals surface area contributed by atoms with Gasteiger partial charge >= 0.3 is 0 Å². The predicted octanol–water partition coefficient (Wildman–Crippen LogP) is 5.03. The summed E-state index contributed by atoms with van der Waals surface area (Å²) in [7, 11) is 0. The van der Waals surface area contributed by atoms with E-state index in [1.807, 2.05) is 19.1 Å². The molecule has 0 radical (unpaired) electrons. The van der Waals surface area contributed by atoms with Crippen LogP contribution in [0.25, 0.3) is 0 Å². The van der Waals surface area contributed by atoms with Crippen LogP contribution in [0.2, 0.25) is 0 Å². The summed E-state index contributed by atoms with van der Waals surface area (Å²) in [6.45, 7) is 11.1. The summed E-state index contributed by atoms with van der Waals surface area (Å²) in [5.74, 6) is 2.19. The number of aryl methyl sites for hydroxylation is 1. The molecule has 3 rings (SSSR count). The van der Waals surface area contributed by atoms with Crippen molar-refractivity contribution in [2.24, 2.45) is 10.9 Å². The zero-order valence-electron chi connectivity index (χ0n) is 18.0. The van der Waals surface area contributed by atoms with E-state index in [4.69, 9.17) is 9.15 Å². The highest BCUT2D eigenvalue weighted by Gasteiger charge is 2.27. The molecule has 1 aliphatic heterocycles. The monoisotopic (exact) mass is 523 g/mol. The Labute approximate surface area is 197 Å². The Morgan fingerprint density at radius 1 is 1.20 bits per heavy atom. The Kier molecular flexibility index (Phi) is 10.4. The number of guanidine groups is 1. The summed E-state index contributed by atoms with van der Waals surface area (Å²) in [6, 6.07) is 12.6. The van der Waals surface area contributed by atoms with Crippen LogP contribution in [-0.2, 0) is 11.2 Å². The van der Waals surface area contributed by atoms with Crippen molar-refractivity contribution in [3.05, 3.63) is 71.7 Å². The number of hydrogen-bond acceptors (Lipinski definition) is 3. The minimum Gasteiger partial charge on any atom is -0.469 e. The number of aliphatic imine (C=N–C) groups is 1. The number of ether oxygens (including phenoxy) is 1. The van der Waals surface area contributed by atoms with Crippen LogP contribution in [0.15, 0.2) is 64.2 Å². The predicted molar refractivity (Wildman–Crippen MR) is 134 cm³/mol. The van der Waals surface area contributed by atoms with E-state index in [0.29, 0.717) is 12.5 Å². The number of nitrogens with zero attached hydrogens (tertiary/aromatic N) is 1.